The number of nitrogens with zero attached hydrogens (tertiary/aromatic N) is 1. The van der Waals surface area contributed by atoms with E-state index in [0.717, 1.165) is 11.1 Å². The number of ether oxygens (including phenoxy) is 1. The number of carbonyl (C=O) groups excluding carboxylic acids is 1. The topological polar surface area (TPSA) is 66.8 Å². The summed E-state index contributed by atoms with van der Waals surface area (Å²) in [6.07, 6.45) is 0.407. The predicted molar refractivity (Wildman–Crippen MR) is 94.3 cm³/mol. The fourth-order valence-electron chi connectivity index (χ4n) is 3.29. The molecule has 5 heteroatoms. The van der Waals surface area contributed by atoms with Gasteiger partial charge < -0.3 is 14.7 Å². The molecule has 0 bridgehead atoms. The molecule has 0 radical (unpaired) electrons. The monoisotopic (exact) mass is 339 g/mol. The van der Waals surface area contributed by atoms with Gasteiger partial charge in [-0.05, 0) is 29.7 Å². The van der Waals surface area contributed by atoms with Gasteiger partial charge in [-0.3, -0.25) is 9.59 Å². The minimum atomic E-state index is -1.01. The van der Waals surface area contributed by atoms with Crippen molar-refractivity contribution in [3.63, 3.8) is 0 Å². The van der Waals surface area contributed by atoms with Crippen LogP contribution in [0.1, 0.15) is 16.8 Å². The van der Waals surface area contributed by atoms with E-state index in [9.17, 15) is 14.7 Å². The molecule has 3 rings (SSSR count). The van der Waals surface area contributed by atoms with Crippen LogP contribution in [0, 0.1) is 5.41 Å². The van der Waals surface area contributed by atoms with Crippen LogP contribution in [0.2, 0.25) is 0 Å². The highest BCUT2D eigenvalue weighted by Gasteiger charge is 2.46. The first kappa shape index (κ1) is 17.2. The molecular weight excluding hydrogens is 318 g/mol. The summed E-state index contributed by atoms with van der Waals surface area (Å²) in [7, 11) is 1.48. The number of rotatable bonds is 5. The molecule has 0 aliphatic carbocycles. The fraction of sp³-hybridized carbons (Fsp3) is 0.300. The lowest BCUT2D eigenvalue weighted by atomic mass is 9.88. The van der Waals surface area contributed by atoms with E-state index in [1.165, 1.54) is 7.11 Å². The van der Waals surface area contributed by atoms with E-state index in [0.29, 0.717) is 18.5 Å². The number of hydrogen-bond donors (Lipinski definition) is 1. The summed E-state index contributed by atoms with van der Waals surface area (Å²) in [4.78, 5) is 25.9. The van der Waals surface area contributed by atoms with Crippen molar-refractivity contribution in [3.05, 3.63) is 60.2 Å². The summed E-state index contributed by atoms with van der Waals surface area (Å²) in [5.41, 5.74) is 1.69. The van der Waals surface area contributed by atoms with Gasteiger partial charge in [0.25, 0.3) is 5.91 Å². The zero-order valence-corrected chi connectivity index (χ0v) is 14.1. The second-order valence-electron chi connectivity index (χ2n) is 6.44. The zero-order valence-electron chi connectivity index (χ0n) is 14.1. The predicted octanol–water partition coefficient (Wildman–Crippen LogP) is 2.92. The van der Waals surface area contributed by atoms with E-state index in [4.69, 9.17) is 4.74 Å². The number of likely N-dealkylation sites (tertiary alicyclic amines) is 1. The van der Waals surface area contributed by atoms with Crippen molar-refractivity contribution in [2.24, 2.45) is 5.41 Å². The number of carbonyl (C=O) groups is 2. The molecular formula is C20H21NO4. The molecule has 0 spiro atoms. The Morgan fingerprint density at radius 2 is 1.72 bits per heavy atom. The van der Waals surface area contributed by atoms with E-state index in [2.05, 4.69) is 0 Å². The summed E-state index contributed by atoms with van der Waals surface area (Å²) in [5, 5.41) is 9.51. The van der Waals surface area contributed by atoms with Crippen LogP contribution >= 0.6 is 0 Å². The van der Waals surface area contributed by atoms with Crippen LogP contribution in [0.15, 0.2) is 54.6 Å². The van der Waals surface area contributed by atoms with Crippen molar-refractivity contribution in [2.75, 3.05) is 26.8 Å². The molecule has 1 aliphatic rings. The highest BCUT2D eigenvalue weighted by Crippen LogP contribution is 2.32. The van der Waals surface area contributed by atoms with Crippen LogP contribution in [0.25, 0.3) is 11.1 Å². The van der Waals surface area contributed by atoms with Gasteiger partial charge in [0.2, 0.25) is 0 Å². The van der Waals surface area contributed by atoms with Crippen LogP contribution in [0.4, 0.5) is 0 Å². The van der Waals surface area contributed by atoms with Gasteiger partial charge in [0, 0.05) is 25.8 Å². The Bertz CT molecular complexity index is 757. The van der Waals surface area contributed by atoms with Crippen LogP contribution < -0.4 is 0 Å². The Hall–Kier alpha value is -2.66. The summed E-state index contributed by atoms with van der Waals surface area (Å²) >= 11 is 0. The van der Waals surface area contributed by atoms with Crippen LogP contribution in [0.3, 0.4) is 0 Å². The number of amides is 1. The van der Waals surface area contributed by atoms with Gasteiger partial charge in [-0.15, -0.1) is 0 Å². The maximum absolute atomic E-state index is 12.7. The summed E-state index contributed by atoms with van der Waals surface area (Å²) in [6.45, 7) is 0.712. The molecule has 1 heterocycles. The van der Waals surface area contributed by atoms with Crippen molar-refractivity contribution in [1.82, 2.24) is 4.90 Å². The molecule has 0 saturated carbocycles. The Labute approximate surface area is 146 Å². The maximum Gasteiger partial charge on any atom is 0.313 e. The highest BCUT2D eigenvalue weighted by molar-refractivity contribution is 5.95. The molecule has 1 atom stereocenters. The van der Waals surface area contributed by atoms with E-state index in [1.54, 1.807) is 17.0 Å². The summed E-state index contributed by atoms with van der Waals surface area (Å²) in [6, 6.07) is 17.4. The number of aliphatic carboxylic acids is 1. The standard InChI is InChI=1S/C20H21NO4/c1-25-14-20(19(23)24)11-12-21(13-20)18(22)17-9-7-16(8-10-17)15-5-3-2-4-6-15/h2-10H,11-14H2,1H3,(H,23,24). The lowest BCUT2D eigenvalue weighted by Crippen LogP contribution is -2.40. The number of hydrogen-bond acceptors (Lipinski definition) is 3. The smallest absolute Gasteiger partial charge is 0.313 e. The van der Waals surface area contributed by atoms with E-state index in [-0.39, 0.29) is 19.1 Å². The van der Waals surface area contributed by atoms with Crippen molar-refractivity contribution < 1.29 is 19.4 Å². The summed E-state index contributed by atoms with van der Waals surface area (Å²) < 4.78 is 5.07. The number of methoxy groups -OCH3 is 1. The van der Waals surface area contributed by atoms with Gasteiger partial charge >= 0.3 is 5.97 Å². The van der Waals surface area contributed by atoms with Crippen molar-refractivity contribution in [2.45, 2.75) is 6.42 Å². The Balaban J connectivity index is 1.75. The van der Waals surface area contributed by atoms with Gasteiger partial charge in [-0.2, -0.15) is 0 Å². The molecule has 1 N–H and O–H groups in total. The maximum atomic E-state index is 12.7. The van der Waals surface area contributed by atoms with Crippen LogP contribution in [-0.4, -0.2) is 48.7 Å². The van der Waals surface area contributed by atoms with Gasteiger partial charge in [0.05, 0.1) is 6.61 Å². The largest absolute Gasteiger partial charge is 0.481 e. The summed E-state index contributed by atoms with van der Waals surface area (Å²) in [5.74, 6) is -1.05. The minimum absolute atomic E-state index is 0.110. The van der Waals surface area contributed by atoms with E-state index < -0.39 is 11.4 Å². The number of carboxylic acid groups (broad SMARTS) is 1. The molecule has 2 aromatic carbocycles. The molecule has 1 fully saturated rings. The van der Waals surface area contributed by atoms with E-state index in [1.807, 2.05) is 42.5 Å². The normalized spacial score (nSPS) is 19.8. The lowest BCUT2D eigenvalue weighted by Gasteiger charge is -2.23. The second-order valence-corrected chi connectivity index (χ2v) is 6.44. The average Bonchev–Trinajstić information content (AvgIpc) is 3.08. The third-order valence-electron chi connectivity index (χ3n) is 4.75. The first-order chi connectivity index (χ1) is 12.1. The Morgan fingerprint density at radius 1 is 1.08 bits per heavy atom. The Kier molecular flexibility index (Phi) is 4.86. The van der Waals surface area contributed by atoms with Gasteiger partial charge in [-0.1, -0.05) is 42.5 Å². The van der Waals surface area contributed by atoms with Crippen molar-refractivity contribution in [3.8, 4) is 11.1 Å². The van der Waals surface area contributed by atoms with Gasteiger partial charge in [-0.25, -0.2) is 0 Å². The molecule has 1 aliphatic heterocycles. The van der Waals surface area contributed by atoms with Crippen molar-refractivity contribution in [1.29, 1.82) is 0 Å². The second kappa shape index (κ2) is 7.07. The Morgan fingerprint density at radius 3 is 2.32 bits per heavy atom. The molecule has 5 nitrogen and oxygen atoms in total. The highest BCUT2D eigenvalue weighted by atomic mass is 16.5. The molecule has 1 unspecified atom stereocenters. The minimum Gasteiger partial charge on any atom is -0.481 e. The molecule has 0 aromatic heterocycles. The van der Waals surface area contributed by atoms with Crippen molar-refractivity contribution >= 4 is 11.9 Å². The van der Waals surface area contributed by atoms with Crippen LogP contribution in [-0.2, 0) is 9.53 Å². The SMILES string of the molecule is COCC1(C(=O)O)CCN(C(=O)c2ccc(-c3ccccc3)cc2)C1. The van der Waals surface area contributed by atoms with E-state index >= 15 is 0 Å². The molecule has 1 amide bonds. The van der Waals surface area contributed by atoms with Gasteiger partial charge in [0.1, 0.15) is 5.41 Å². The lowest BCUT2D eigenvalue weighted by molar-refractivity contribution is -0.151. The quantitative estimate of drug-likeness (QED) is 0.909. The first-order valence-electron chi connectivity index (χ1n) is 8.23. The molecule has 2 aromatic rings. The molecule has 25 heavy (non-hydrogen) atoms. The number of carboxylic acids is 1. The third-order valence-corrected chi connectivity index (χ3v) is 4.75. The van der Waals surface area contributed by atoms with Gasteiger partial charge in [0.15, 0.2) is 0 Å². The third kappa shape index (κ3) is 3.42. The zero-order chi connectivity index (χ0) is 17.9. The fourth-order valence-corrected chi connectivity index (χ4v) is 3.29. The average molecular weight is 339 g/mol. The first-order valence-corrected chi connectivity index (χ1v) is 8.23. The molecule has 1 saturated heterocycles. The number of benzene rings is 2. The molecule has 130 valence electrons. The van der Waals surface area contributed by atoms with Crippen LogP contribution in [0.5, 0.6) is 0 Å².